The second-order valence-electron chi connectivity index (χ2n) is 13.2. The van der Waals surface area contributed by atoms with Gasteiger partial charge in [-0.1, -0.05) is 115 Å². The number of nitrogens with one attached hydrogen (secondary N) is 2. The third-order valence-electron chi connectivity index (χ3n) is 10.2. The van der Waals surface area contributed by atoms with Crippen molar-refractivity contribution < 1.29 is 0 Å². The first-order valence-corrected chi connectivity index (χ1v) is 19.6. The Morgan fingerprint density at radius 2 is 1.12 bits per heavy atom. The molecule has 0 fully saturated rings. The van der Waals surface area contributed by atoms with Gasteiger partial charge in [-0.05, 0) is 53.1 Å². The van der Waals surface area contributed by atoms with Crippen LogP contribution in [0.3, 0.4) is 0 Å². The quantitative estimate of drug-likeness (QED) is 0.191. The molecule has 1 aliphatic heterocycles. The summed E-state index contributed by atoms with van der Waals surface area (Å²) in [6.45, 7) is 0. The number of aliphatic imine (C=N–C) groups is 1. The summed E-state index contributed by atoms with van der Waals surface area (Å²) in [7, 11) is 0. The summed E-state index contributed by atoms with van der Waals surface area (Å²) in [6, 6.07) is 55.3. The number of nitrogens with zero attached hydrogens (tertiary/aromatic N) is 1. The predicted molar refractivity (Wildman–Crippen MR) is 222 cm³/mol. The topological polar surface area (TPSA) is 36.4 Å². The van der Waals surface area contributed by atoms with Gasteiger partial charge < -0.3 is 5.32 Å². The normalized spacial score (nSPS) is 16.4. The molecule has 0 radical (unpaired) electrons. The molecule has 0 spiro atoms. The van der Waals surface area contributed by atoms with Crippen LogP contribution < -0.4 is 10.6 Å². The highest BCUT2D eigenvalue weighted by molar-refractivity contribution is 7.27. The summed E-state index contributed by atoms with van der Waals surface area (Å²) < 4.78 is 7.90. The fourth-order valence-corrected chi connectivity index (χ4v) is 11.3. The highest BCUT2D eigenvalue weighted by Crippen LogP contribution is 2.46. The van der Waals surface area contributed by atoms with Gasteiger partial charge in [0.1, 0.15) is 18.2 Å². The van der Waals surface area contributed by atoms with Gasteiger partial charge in [0.15, 0.2) is 0 Å². The van der Waals surface area contributed by atoms with Gasteiger partial charge >= 0.3 is 0 Å². The summed E-state index contributed by atoms with van der Waals surface area (Å²) in [4.78, 5) is 5.25. The van der Waals surface area contributed by atoms with Gasteiger partial charge in [0, 0.05) is 71.6 Å². The van der Waals surface area contributed by atoms with E-state index in [9.17, 15) is 0 Å². The van der Waals surface area contributed by atoms with Crippen molar-refractivity contribution in [3.05, 3.63) is 168 Å². The van der Waals surface area contributed by atoms with Crippen LogP contribution in [-0.2, 0) is 0 Å². The third kappa shape index (κ3) is 4.75. The Balaban J connectivity index is 1.02. The van der Waals surface area contributed by atoms with Crippen LogP contribution in [-0.4, -0.2) is 5.84 Å². The zero-order valence-electron chi connectivity index (χ0n) is 27.3. The maximum Gasteiger partial charge on any atom is 0.131 e. The Labute approximate surface area is 306 Å². The van der Waals surface area contributed by atoms with Crippen molar-refractivity contribution in [2.75, 3.05) is 0 Å². The highest BCUT2D eigenvalue weighted by atomic mass is 32.1. The number of hydrogen-bond donors (Lipinski definition) is 2. The van der Waals surface area contributed by atoms with Crippen molar-refractivity contribution in [1.29, 1.82) is 0 Å². The lowest BCUT2D eigenvalue weighted by Crippen LogP contribution is -2.44. The Bertz CT molecular complexity index is 3000. The molecule has 0 amide bonds. The molecular weight excluding hydrogens is 679 g/mol. The van der Waals surface area contributed by atoms with Crippen LogP contribution in [0, 0.1) is 0 Å². The minimum atomic E-state index is -0.207. The van der Waals surface area contributed by atoms with Crippen LogP contribution in [0.5, 0.6) is 0 Å². The van der Waals surface area contributed by atoms with Crippen molar-refractivity contribution in [3.63, 3.8) is 0 Å². The fraction of sp³-hybridized carbons (Fsp3) is 0.0444. The SMILES string of the molecule is c1ccc(C2=NC(c3ccc4sc5ccccc5c4c3)NC(c3ccc4c(c3)sc3cccc(-c5cccc6c5sc5ccccc56)c34)N2)cc1. The van der Waals surface area contributed by atoms with E-state index in [0.717, 1.165) is 17.0 Å². The average molecular weight is 708 g/mol. The summed E-state index contributed by atoms with van der Waals surface area (Å²) in [5, 5.41) is 15.5. The van der Waals surface area contributed by atoms with E-state index in [1.807, 2.05) is 34.0 Å². The molecule has 6 heteroatoms. The molecule has 2 unspecified atom stereocenters. The van der Waals surface area contributed by atoms with Crippen LogP contribution in [0.15, 0.2) is 157 Å². The molecule has 4 heterocycles. The van der Waals surface area contributed by atoms with Crippen molar-refractivity contribution in [1.82, 2.24) is 10.6 Å². The molecule has 0 bridgehead atoms. The van der Waals surface area contributed by atoms with E-state index in [1.54, 1.807) is 0 Å². The van der Waals surface area contributed by atoms with Gasteiger partial charge in [-0.3, -0.25) is 5.32 Å². The molecule has 51 heavy (non-hydrogen) atoms. The smallest absolute Gasteiger partial charge is 0.131 e. The lowest BCUT2D eigenvalue weighted by atomic mass is 9.97. The predicted octanol–water partition coefficient (Wildman–Crippen LogP) is 12.8. The van der Waals surface area contributed by atoms with E-state index in [-0.39, 0.29) is 12.3 Å². The van der Waals surface area contributed by atoms with Gasteiger partial charge in [-0.15, -0.1) is 34.0 Å². The van der Waals surface area contributed by atoms with E-state index in [0.29, 0.717) is 0 Å². The number of amidine groups is 1. The van der Waals surface area contributed by atoms with Crippen molar-refractivity contribution in [3.8, 4) is 11.1 Å². The molecular formula is C45H29N3S3. The average Bonchev–Trinajstić information content (AvgIpc) is 3.88. The van der Waals surface area contributed by atoms with Gasteiger partial charge in [-0.25, -0.2) is 4.99 Å². The van der Waals surface area contributed by atoms with Crippen LogP contribution in [0.25, 0.3) is 71.6 Å². The molecule has 1 aliphatic rings. The third-order valence-corrected chi connectivity index (χ3v) is 13.7. The van der Waals surface area contributed by atoms with Gasteiger partial charge in [0.05, 0.1) is 0 Å². The molecule has 0 saturated heterocycles. The van der Waals surface area contributed by atoms with E-state index < -0.39 is 0 Å². The lowest BCUT2D eigenvalue weighted by molar-refractivity contribution is 0.409. The van der Waals surface area contributed by atoms with E-state index in [4.69, 9.17) is 4.99 Å². The molecule has 0 saturated carbocycles. The number of thiophene rings is 3. The lowest BCUT2D eigenvalue weighted by Gasteiger charge is -2.32. The van der Waals surface area contributed by atoms with Gasteiger partial charge in [0.2, 0.25) is 0 Å². The zero-order chi connectivity index (χ0) is 33.5. The Morgan fingerprint density at radius 3 is 2.00 bits per heavy atom. The maximum absolute atomic E-state index is 5.25. The molecule has 2 atom stereocenters. The Kier molecular flexibility index (Phi) is 6.67. The summed E-state index contributed by atoms with van der Waals surface area (Å²) in [6.07, 6.45) is -0.333. The first kappa shape index (κ1) is 29.4. The van der Waals surface area contributed by atoms with Crippen LogP contribution in [0.1, 0.15) is 29.0 Å². The second kappa shape index (κ2) is 11.6. The van der Waals surface area contributed by atoms with E-state index in [2.05, 4.69) is 162 Å². The number of fused-ring (bicyclic) bond motifs is 9. The first-order chi connectivity index (χ1) is 25.2. The Hall–Kier alpha value is -5.37. The highest BCUT2D eigenvalue weighted by Gasteiger charge is 2.27. The Morgan fingerprint density at radius 1 is 0.451 bits per heavy atom. The number of hydrogen-bond acceptors (Lipinski definition) is 6. The molecule has 242 valence electrons. The summed E-state index contributed by atoms with van der Waals surface area (Å²) in [5.74, 6) is 0.898. The standard InChI is InChI=1S/C45H29N3S3/c1-2-10-26(11-3-1)43-46-44(27-21-23-38-35(24-27)30-13-5-6-17-36(30)49-38)48-45(47-43)28-20-22-34-40(25-28)50-39-19-9-14-31(41(34)39)33-16-8-15-32-29-12-4-7-18-37(29)51-42(32)33/h1-25,44-45,48H,(H,46,47). The van der Waals surface area contributed by atoms with Gasteiger partial charge in [0.25, 0.3) is 0 Å². The van der Waals surface area contributed by atoms with Crippen molar-refractivity contribution in [2.24, 2.45) is 4.99 Å². The fourth-order valence-electron chi connectivity index (χ4n) is 7.76. The van der Waals surface area contributed by atoms with E-state index in [1.165, 1.54) is 77.2 Å². The van der Waals surface area contributed by atoms with Crippen LogP contribution >= 0.6 is 34.0 Å². The summed E-state index contributed by atoms with van der Waals surface area (Å²) in [5.41, 5.74) is 6.04. The maximum atomic E-state index is 5.25. The monoisotopic (exact) mass is 707 g/mol. The molecule has 3 nitrogen and oxygen atoms in total. The van der Waals surface area contributed by atoms with Crippen molar-refractivity contribution in [2.45, 2.75) is 12.3 Å². The largest absolute Gasteiger partial charge is 0.350 e. The molecule has 7 aromatic carbocycles. The summed E-state index contributed by atoms with van der Waals surface area (Å²) >= 11 is 5.62. The van der Waals surface area contributed by atoms with Crippen molar-refractivity contribution >= 4 is 100 Å². The molecule has 10 aromatic rings. The van der Waals surface area contributed by atoms with Crippen LogP contribution in [0.2, 0.25) is 0 Å². The molecule has 0 aliphatic carbocycles. The number of rotatable bonds is 4. The minimum absolute atomic E-state index is 0.126. The van der Waals surface area contributed by atoms with Gasteiger partial charge in [-0.2, -0.15) is 0 Å². The second-order valence-corrected chi connectivity index (χ2v) is 16.4. The molecule has 3 aromatic heterocycles. The van der Waals surface area contributed by atoms with E-state index >= 15 is 0 Å². The minimum Gasteiger partial charge on any atom is -0.350 e. The number of benzene rings is 7. The molecule has 11 rings (SSSR count). The van der Waals surface area contributed by atoms with Crippen LogP contribution in [0.4, 0.5) is 0 Å². The molecule has 2 N–H and O–H groups in total. The zero-order valence-corrected chi connectivity index (χ0v) is 29.7. The first-order valence-electron chi connectivity index (χ1n) is 17.2.